The molecule has 2 aromatic rings. The molecule has 2 rings (SSSR count). The zero-order valence-electron chi connectivity index (χ0n) is 11.3. The third kappa shape index (κ3) is 2.80. The maximum atomic E-state index is 9.02. The first-order valence-corrected chi connectivity index (χ1v) is 6.19. The molecule has 0 saturated heterocycles. The summed E-state index contributed by atoms with van der Waals surface area (Å²) < 4.78 is 5.10. The van der Waals surface area contributed by atoms with E-state index in [9.17, 15) is 0 Å². The van der Waals surface area contributed by atoms with Crippen molar-refractivity contribution in [3.63, 3.8) is 0 Å². The molecular formula is C15H17BO3. The second-order valence-corrected chi connectivity index (χ2v) is 4.65. The molecule has 19 heavy (non-hydrogen) atoms. The van der Waals surface area contributed by atoms with Gasteiger partial charge in [-0.3, -0.25) is 0 Å². The normalized spacial score (nSPS) is 10.4. The monoisotopic (exact) mass is 256 g/mol. The highest BCUT2D eigenvalue weighted by atomic mass is 16.6. The van der Waals surface area contributed by atoms with Crippen molar-refractivity contribution in [3.8, 4) is 16.9 Å². The van der Waals surface area contributed by atoms with Gasteiger partial charge in [0.2, 0.25) is 0 Å². The van der Waals surface area contributed by atoms with Crippen molar-refractivity contribution in [1.82, 2.24) is 0 Å². The van der Waals surface area contributed by atoms with Crippen molar-refractivity contribution in [3.05, 3.63) is 53.1 Å². The molecular weight excluding hydrogens is 239 g/mol. The molecule has 0 aromatic heterocycles. The summed E-state index contributed by atoms with van der Waals surface area (Å²) in [7, 11) is -1.80. The number of hydrogen-bond donors (Lipinski definition) is 2. The van der Waals surface area contributed by atoms with Crippen LogP contribution >= 0.6 is 0 Å². The minimum absolute atomic E-state index is 0.527. The van der Waals surface area contributed by atoms with E-state index < -0.39 is 7.32 Å². The van der Waals surface area contributed by atoms with Gasteiger partial charge in [-0.05, 0) is 48.6 Å². The van der Waals surface area contributed by atoms with Crippen molar-refractivity contribution in [2.24, 2.45) is 0 Å². The van der Waals surface area contributed by atoms with Gasteiger partial charge in [-0.25, -0.2) is 0 Å². The Balaban J connectivity index is 2.62. The summed E-state index contributed by atoms with van der Waals surface area (Å²) in [5, 5.41) is 18.0. The van der Waals surface area contributed by atoms with Crippen LogP contribution in [-0.2, 0) is 0 Å². The van der Waals surface area contributed by atoms with Crippen LogP contribution in [0.3, 0.4) is 0 Å². The van der Waals surface area contributed by atoms with E-state index in [4.69, 9.17) is 14.7 Å². The van der Waals surface area contributed by atoms with Gasteiger partial charge in [0, 0.05) is 0 Å². The average Bonchev–Trinajstić information content (AvgIpc) is 2.35. The van der Waals surface area contributed by atoms with Gasteiger partial charge < -0.3 is 14.7 Å². The molecule has 0 aliphatic rings. The van der Waals surface area contributed by atoms with Gasteiger partial charge in [0.05, 0.1) is 0 Å². The van der Waals surface area contributed by atoms with E-state index in [0.29, 0.717) is 5.75 Å². The van der Waals surface area contributed by atoms with Gasteiger partial charge in [-0.2, -0.15) is 0 Å². The number of benzene rings is 2. The fourth-order valence-corrected chi connectivity index (χ4v) is 2.50. The largest absolute Gasteiger partial charge is 0.707 e. The van der Waals surface area contributed by atoms with Gasteiger partial charge in [-0.1, -0.05) is 36.4 Å². The first-order valence-electron chi connectivity index (χ1n) is 6.19. The van der Waals surface area contributed by atoms with Crippen LogP contribution in [0, 0.1) is 20.8 Å². The molecule has 0 amide bonds. The summed E-state index contributed by atoms with van der Waals surface area (Å²) >= 11 is 0. The minimum Gasteiger partial charge on any atom is -0.512 e. The summed E-state index contributed by atoms with van der Waals surface area (Å²) in [6.07, 6.45) is 0. The van der Waals surface area contributed by atoms with E-state index >= 15 is 0 Å². The molecule has 0 spiro atoms. The second kappa shape index (κ2) is 5.47. The van der Waals surface area contributed by atoms with Crippen LogP contribution < -0.4 is 4.65 Å². The molecule has 2 aromatic carbocycles. The molecule has 0 radical (unpaired) electrons. The fourth-order valence-electron chi connectivity index (χ4n) is 2.50. The Bertz CT molecular complexity index is 580. The lowest BCUT2D eigenvalue weighted by molar-refractivity contribution is 0.286. The first-order chi connectivity index (χ1) is 9.00. The first kappa shape index (κ1) is 13.7. The average molecular weight is 256 g/mol. The number of rotatable bonds is 3. The smallest absolute Gasteiger partial charge is 0.512 e. The maximum Gasteiger partial charge on any atom is 0.707 e. The standard InChI is InChI=1S/C15H17BO3/c1-10-9-11(2)15(19-16(17)18)12(3)14(10)13-7-5-4-6-8-13/h4-9,17-18H,1-3H3. The Kier molecular flexibility index (Phi) is 3.93. The lowest BCUT2D eigenvalue weighted by Gasteiger charge is -2.18. The number of hydrogen-bond acceptors (Lipinski definition) is 3. The highest BCUT2D eigenvalue weighted by Gasteiger charge is 2.18. The highest BCUT2D eigenvalue weighted by Crippen LogP contribution is 2.35. The maximum absolute atomic E-state index is 9.02. The molecule has 0 saturated carbocycles. The van der Waals surface area contributed by atoms with E-state index in [-0.39, 0.29) is 0 Å². The predicted molar refractivity (Wildman–Crippen MR) is 76.9 cm³/mol. The van der Waals surface area contributed by atoms with Crippen molar-refractivity contribution in [2.45, 2.75) is 20.8 Å². The third-order valence-corrected chi connectivity index (χ3v) is 3.19. The zero-order chi connectivity index (χ0) is 14.0. The summed E-state index contributed by atoms with van der Waals surface area (Å²) in [4.78, 5) is 0. The molecule has 3 nitrogen and oxygen atoms in total. The van der Waals surface area contributed by atoms with Crippen LogP contribution in [0.1, 0.15) is 16.7 Å². The van der Waals surface area contributed by atoms with Crippen molar-refractivity contribution in [2.75, 3.05) is 0 Å². The topological polar surface area (TPSA) is 49.7 Å². The summed E-state index contributed by atoms with van der Waals surface area (Å²) in [6, 6.07) is 12.0. The Labute approximate surface area is 113 Å². The molecule has 0 bridgehead atoms. The van der Waals surface area contributed by atoms with Crippen LogP contribution in [0.5, 0.6) is 5.75 Å². The van der Waals surface area contributed by atoms with Gasteiger partial charge in [0.1, 0.15) is 5.75 Å². The van der Waals surface area contributed by atoms with Gasteiger partial charge in [0.15, 0.2) is 0 Å². The molecule has 0 atom stereocenters. The molecule has 0 fully saturated rings. The van der Waals surface area contributed by atoms with E-state index in [1.807, 2.05) is 57.2 Å². The summed E-state index contributed by atoms with van der Waals surface area (Å²) in [6.45, 7) is 5.87. The number of aryl methyl sites for hydroxylation is 2. The Morgan fingerprint density at radius 3 is 2.16 bits per heavy atom. The molecule has 0 aliphatic heterocycles. The van der Waals surface area contributed by atoms with Crippen molar-refractivity contribution < 1.29 is 14.7 Å². The van der Waals surface area contributed by atoms with Crippen LogP contribution in [0.25, 0.3) is 11.1 Å². The molecule has 4 heteroatoms. The Morgan fingerprint density at radius 1 is 0.947 bits per heavy atom. The highest BCUT2D eigenvalue weighted by molar-refractivity contribution is 6.33. The van der Waals surface area contributed by atoms with E-state index in [0.717, 1.165) is 27.8 Å². The molecule has 2 N–H and O–H groups in total. The van der Waals surface area contributed by atoms with E-state index in [1.54, 1.807) is 0 Å². The van der Waals surface area contributed by atoms with E-state index in [1.165, 1.54) is 0 Å². The molecule has 0 heterocycles. The van der Waals surface area contributed by atoms with Gasteiger partial charge >= 0.3 is 7.32 Å². The van der Waals surface area contributed by atoms with Crippen LogP contribution in [0.2, 0.25) is 0 Å². The molecule has 0 aliphatic carbocycles. The molecule has 0 unspecified atom stereocenters. The minimum atomic E-state index is -1.80. The van der Waals surface area contributed by atoms with Crippen molar-refractivity contribution in [1.29, 1.82) is 0 Å². The quantitative estimate of drug-likeness (QED) is 0.830. The van der Waals surface area contributed by atoms with Gasteiger partial charge in [0.25, 0.3) is 0 Å². The Morgan fingerprint density at radius 2 is 1.58 bits per heavy atom. The SMILES string of the molecule is Cc1cc(C)c(-c2ccccc2)c(C)c1OB(O)O. The zero-order valence-corrected chi connectivity index (χ0v) is 11.3. The third-order valence-electron chi connectivity index (χ3n) is 3.19. The fraction of sp³-hybridized carbons (Fsp3) is 0.200. The van der Waals surface area contributed by atoms with Crippen LogP contribution in [0.15, 0.2) is 36.4 Å². The van der Waals surface area contributed by atoms with Gasteiger partial charge in [-0.15, -0.1) is 0 Å². The second-order valence-electron chi connectivity index (χ2n) is 4.65. The lowest BCUT2D eigenvalue weighted by Crippen LogP contribution is -2.22. The van der Waals surface area contributed by atoms with Crippen molar-refractivity contribution >= 4 is 7.32 Å². The predicted octanol–water partition coefficient (Wildman–Crippen LogP) is 2.63. The van der Waals surface area contributed by atoms with Crippen LogP contribution in [-0.4, -0.2) is 17.4 Å². The van der Waals surface area contributed by atoms with E-state index in [2.05, 4.69) is 0 Å². The summed E-state index contributed by atoms with van der Waals surface area (Å²) in [5.41, 5.74) is 5.11. The molecule has 98 valence electrons. The van der Waals surface area contributed by atoms with Crippen LogP contribution in [0.4, 0.5) is 0 Å². The Hall–Kier alpha value is -1.78. The summed E-state index contributed by atoms with van der Waals surface area (Å²) in [5.74, 6) is 0.527. The lowest BCUT2D eigenvalue weighted by atomic mass is 9.92.